The van der Waals surface area contributed by atoms with Crippen LogP contribution in [0.15, 0.2) is 18.2 Å². The molecule has 1 saturated heterocycles. The molecule has 1 aromatic carbocycles. The number of fused-ring (bicyclic) bond motifs is 1. The highest BCUT2D eigenvalue weighted by atomic mass is 16.3. The van der Waals surface area contributed by atoms with Crippen molar-refractivity contribution >= 4 is 11.0 Å². The summed E-state index contributed by atoms with van der Waals surface area (Å²) in [4.78, 5) is 4.55. The lowest BCUT2D eigenvalue weighted by molar-refractivity contribution is 0.373. The molecule has 0 radical (unpaired) electrons. The SMILES string of the molecule is Cc1nc2ccc(O)cc2n1C1CCCNC1. The minimum atomic E-state index is 0.308. The van der Waals surface area contributed by atoms with E-state index >= 15 is 0 Å². The zero-order valence-electron chi connectivity index (χ0n) is 9.98. The van der Waals surface area contributed by atoms with Crippen LogP contribution < -0.4 is 5.32 Å². The monoisotopic (exact) mass is 231 g/mol. The molecule has 4 nitrogen and oxygen atoms in total. The number of nitrogens with zero attached hydrogens (tertiary/aromatic N) is 2. The fourth-order valence-corrected chi connectivity index (χ4v) is 2.72. The van der Waals surface area contributed by atoms with Gasteiger partial charge in [-0.25, -0.2) is 4.98 Å². The second kappa shape index (κ2) is 4.04. The molecule has 2 aromatic rings. The van der Waals surface area contributed by atoms with E-state index in [1.165, 1.54) is 12.8 Å². The smallest absolute Gasteiger partial charge is 0.117 e. The van der Waals surface area contributed by atoms with E-state index in [2.05, 4.69) is 14.9 Å². The van der Waals surface area contributed by atoms with Crippen molar-refractivity contribution < 1.29 is 5.11 Å². The molecule has 1 fully saturated rings. The summed E-state index contributed by atoms with van der Waals surface area (Å²) in [6.45, 7) is 4.13. The molecule has 17 heavy (non-hydrogen) atoms. The summed E-state index contributed by atoms with van der Waals surface area (Å²) in [5.74, 6) is 1.33. The largest absolute Gasteiger partial charge is 0.508 e. The Labute approximate surface area is 100 Å². The second-order valence-corrected chi connectivity index (χ2v) is 4.70. The van der Waals surface area contributed by atoms with Gasteiger partial charge in [0.15, 0.2) is 0 Å². The van der Waals surface area contributed by atoms with E-state index < -0.39 is 0 Å². The van der Waals surface area contributed by atoms with Gasteiger partial charge in [0.1, 0.15) is 11.6 Å². The minimum Gasteiger partial charge on any atom is -0.508 e. The van der Waals surface area contributed by atoms with Gasteiger partial charge in [-0.2, -0.15) is 0 Å². The first kappa shape index (κ1) is 10.6. The fourth-order valence-electron chi connectivity index (χ4n) is 2.72. The van der Waals surface area contributed by atoms with Gasteiger partial charge in [0, 0.05) is 18.7 Å². The maximum atomic E-state index is 9.61. The van der Waals surface area contributed by atoms with Gasteiger partial charge in [-0.05, 0) is 38.4 Å². The Balaban J connectivity index is 2.13. The Kier molecular flexibility index (Phi) is 2.52. The third-order valence-electron chi connectivity index (χ3n) is 3.49. The molecule has 0 saturated carbocycles. The van der Waals surface area contributed by atoms with Crippen molar-refractivity contribution in [2.24, 2.45) is 0 Å². The highest BCUT2D eigenvalue weighted by molar-refractivity contribution is 5.77. The highest BCUT2D eigenvalue weighted by Crippen LogP contribution is 2.27. The van der Waals surface area contributed by atoms with Gasteiger partial charge in [-0.15, -0.1) is 0 Å². The average molecular weight is 231 g/mol. The quantitative estimate of drug-likeness (QED) is 0.789. The van der Waals surface area contributed by atoms with Crippen molar-refractivity contribution in [3.8, 4) is 5.75 Å². The van der Waals surface area contributed by atoms with Crippen molar-refractivity contribution in [1.82, 2.24) is 14.9 Å². The van der Waals surface area contributed by atoms with Gasteiger partial charge in [0.2, 0.25) is 0 Å². The van der Waals surface area contributed by atoms with Gasteiger partial charge >= 0.3 is 0 Å². The lowest BCUT2D eigenvalue weighted by atomic mass is 10.1. The first-order valence-electron chi connectivity index (χ1n) is 6.14. The number of nitrogens with one attached hydrogen (secondary N) is 1. The van der Waals surface area contributed by atoms with Gasteiger partial charge < -0.3 is 15.0 Å². The van der Waals surface area contributed by atoms with Crippen LogP contribution in [0.3, 0.4) is 0 Å². The van der Waals surface area contributed by atoms with Gasteiger partial charge in [-0.1, -0.05) is 0 Å². The molecule has 2 heterocycles. The summed E-state index contributed by atoms with van der Waals surface area (Å²) < 4.78 is 2.25. The Morgan fingerprint density at radius 1 is 1.47 bits per heavy atom. The van der Waals surface area contributed by atoms with Crippen molar-refractivity contribution in [2.45, 2.75) is 25.8 Å². The highest BCUT2D eigenvalue weighted by Gasteiger charge is 2.19. The second-order valence-electron chi connectivity index (χ2n) is 4.70. The topological polar surface area (TPSA) is 50.1 Å². The van der Waals surface area contributed by atoms with Crippen LogP contribution in [-0.4, -0.2) is 27.7 Å². The van der Waals surface area contributed by atoms with Crippen LogP contribution >= 0.6 is 0 Å². The molecule has 0 bridgehead atoms. The Morgan fingerprint density at radius 3 is 3.12 bits per heavy atom. The van der Waals surface area contributed by atoms with E-state index in [0.717, 1.165) is 29.9 Å². The minimum absolute atomic E-state index is 0.308. The van der Waals surface area contributed by atoms with Crippen LogP contribution in [0.4, 0.5) is 0 Å². The predicted molar refractivity (Wildman–Crippen MR) is 67.3 cm³/mol. The van der Waals surface area contributed by atoms with Crippen LogP contribution in [0.25, 0.3) is 11.0 Å². The molecule has 1 unspecified atom stereocenters. The number of piperidine rings is 1. The van der Waals surface area contributed by atoms with Gasteiger partial charge in [0.25, 0.3) is 0 Å². The van der Waals surface area contributed by atoms with E-state index in [4.69, 9.17) is 0 Å². The Morgan fingerprint density at radius 2 is 2.35 bits per heavy atom. The van der Waals surface area contributed by atoms with Gasteiger partial charge in [0.05, 0.1) is 11.0 Å². The number of aryl methyl sites for hydroxylation is 1. The lowest BCUT2D eigenvalue weighted by Crippen LogP contribution is -2.32. The molecule has 0 amide bonds. The molecular formula is C13H17N3O. The average Bonchev–Trinajstić information content (AvgIpc) is 2.65. The molecule has 1 aliphatic heterocycles. The normalized spacial score (nSPS) is 20.9. The molecular weight excluding hydrogens is 214 g/mol. The van der Waals surface area contributed by atoms with Crippen LogP contribution in [0, 0.1) is 6.92 Å². The van der Waals surface area contributed by atoms with Crippen molar-refractivity contribution in [1.29, 1.82) is 0 Å². The number of benzene rings is 1. The number of imidazole rings is 1. The molecule has 1 aliphatic rings. The first-order valence-corrected chi connectivity index (χ1v) is 6.14. The van der Waals surface area contributed by atoms with E-state index in [-0.39, 0.29) is 0 Å². The van der Waals surface area contributed by atoms with Crippen LogP contribution in [-0.2, 0) is 0 Å². The number of aromatic nitrogens is 2. The molecule has 0 aliphatic carbocycles. The standard InChI is InChI=1S/C13H17N3O/c1-9-15-12-5-4-11(17)7-13(12)16(9)10-3-2-6-14-8-10/h4-5,7,10,14,17H,2-3,6,8H2,1H3. The van der Waals surface area contributed by atoms with Crippen LogP contribution in [0.5, 0.6) is 5.75 Å². The van der Waals surface area contributed by atoms with Crippen molar-refractivity contribution in [2.75, 3.05) is 13.1 Å². The zero-order valence-corrected chi connectivity index (χ0v) is 9.98. The molecule has 1 aromatic heterocycles. The maximum Gasteiger partial charge on any atom is 0.117 e. The first-order chi connectivity index (χ1) is 8.25. The number of rotatable bonds is 1. The maximum absolute atomic E-state index is 9.61. The Bertz CT molecular complexity index is 541. The third kappa shape index (κ3) is 1.78. The summed E-state index contributed by atoms with van der Waals surface area (Å²) in [5.41, 5.74) is 2.00. The van der Waals surface area contributed by atoms with E-state index in [9.17, 15) is 5.11 Å². The molecule has 1 atom stereocenters. The summed E-state index contributed by atoms with van der Waals surface area (Å²) in [7, 11) is 0. The summed E-state index contributed by atoms with van der Waals surface area (Å²) in [6.07, 6.45) is 2.37. The number of phenolic OH excluding ortho intramolecular Hbond substituents is 1. The van der Waals surface area contributed by atoms with Crippen molar-refractivity contribution in [3.63, 3.8) is 0 Å². The van der Waals surface area contributed by atoms with Crippen LogP contribution in [0.1, 0.15) is 24.7 Å². The summed E-state index contributed by atoms with van der Waals surface area (Å²) in [6, 6.07) is 5.84. The van der Waals surface area contributed by atoms with Crippen LogP contribution in [0.2, 0.25) is 0 Å². The van der Waals surface area contributed by atoms with Crippen molar-refractivity contribution in [3.05, 3.63) is 24.0 Å². The van der Waals surface area contributed by atoms with Gasteiger partial charge in [-0.3, -0.25) is 0 Å². The third-order valence-corrected chi connectivity index (χ3v) is 3.49. The fraction of sp³-hybridized carbons (Fsp3) is 0.462. The number of aromatic hydroxyl groups is 1. The molecule has 0 spiro atoms. The van der Waals surface area contributed by atoms with E-state index in [0.29, 0.717) is 11.8 Å². The number of hydrogen-bond donors (Lipinski definition) is 2. The number of phenols is 1. The summed E-state index contributed by atoms with van der Waals surface area (Å²) >= 11 is 0. The molecule has 2 N–H and O–H groups in total. The molecule has 3 rings (SSSR count). The number of hydrogen-bond acceptors (Lipinski definition) is 3. The molecule has 4 heteroatoms. The molecule has 90 valence electrons. The summed E-state index contributed by atoms with van der Waals surface area (Å²) in [5, 5.41) is 13.0. The Hall–Kier alpha value is -1.55. The van der Waals surface area contributed by atoms with E-state index in [1.807, 2.05) is 19.1 Å². The lowest BCUT2D eigenvalue weighted by Gasteiger charge is -2.25. The predicted octanol–water partition coefficient (Wildman–Crippen LogP) is 1.97. The van der Waals surface area contributed by atoms with E-state index in [1.54, 1.807) is 6.07 Å². The zero-order chi connectivity index (χ0) is 11.8.